The quantitative estimate of drug-likeness (QED) is 0.551. The Morgan fingerprint density at radius 2 is 1.67 bits per heavy atom. The van der Waals surface area contributed by atoms with Crippen LogP contribution in [-0.2, 0) is 9.47 Å². The van der Waals surface area contributed by atoms with E-state index in [9.17, 15) is 0 Å². The lowest BCUT2D eigenvalue weighted by atomic mass is 10.0. The molecule has 74 valence electrons. The van der Waals surface area contributed by atoms with Gasteiger partial charge in [-0.1, -0.05) is 12.2 Å². The van der Waals surface area contributed by atoms with Crippen molar-refractivity contribution in [3.63, 3.8) is 0 Å². The van der Waals surface area contributed by atoms with Crippen LogP contribution in [0, 0.1) is 22.7 Å². The first-order valence-corrected chi connectivity index (χ1v) is 4.50. The molecule has 0 unspecified atom stereocenters. The third-order valence-corrected chi connectivity index (χ3v) is 2.24. The second-order valence-corrected chi connectivity index (χ2v) is 3.14. The smallest absolute Gasteiger partial charge is 0.208 e. The van der Waals surface area contributed by atoms with E-state index < -0.39 is 5.79 Å². The molecule has 0 aromatic rings. The Morgan fingerprint density at radius 1 is 1.13 bits per heavy atom. The van der Waals surface area contributed by atoms with Gasteiger partial charge in [0.05, 0.1) is 13.2 Å². The molecule has 4 nitrogen and oxygen atoms in total. The van der Waals surface area contributed by atoms with Gasteiger partial charge in [-0.25, -0.2) is 0 Å². The molecule has 2 rings (SSSR count). The molecule has 1 aliphatic carbocycles. The summed E-state index contributed by atoms with van der Waals surface area (Å²) in [7, 11) is 0. The molecule has 0 bridgehead atoms. The van der Waals surface area contributed by atoms with E-state index >= 15 is 0 Å². The summed E-state index contributed by atoms with van der Waals surface area (Å²) in [5.74, 6) is -0.778. The maximum Gasteiger partial charge on any atom is 0.208 e. The molecular weight excluding hydrogens is 192 g/mol. The summed E-state index contributed by atoms with van der Waals surface area (Å²) in [6.45, 7) is 1.11. The fourth-order valence-electron chi connectivity index (χ4n) is 1.48. The van der Waals surface area contributed by atoms with Crippen LogP contribution in [0.2, 0.25) is 0 Å². The first-order valence-electron chi connectivity index (χ1n) is 4.50. The highest BCUT2D eigenvalue weighted by Crippen LogP contribution is 2.28. The van der Waals surface area contributed by atoms with E-state index in [2.05, 4.69) is 0 Å². The molecule has 0 aromatic carbocycles. The van der Waals surface area contributed by atoms with Gasteiger partial charge < -0.3 is 9.47 Å². The minimum absolute atomic E-state index is 0.0929. The minimum atomic E-state index is -0.778. The highest BCUT2D eigenvalue weighted by Gasteiger charge is 2.32. The van der Waals surface area contributed by atoms with Gasteiger partial charge in [-0.15, -0.1) is 0 Å². The molecular formula is C11H8N2O2. The molecule has 1 spiro atoms. The van der Waals surface area contributed by atoms with Gasteiger partial charge in [0.25, 0.3) is 0 Å². The molecule has 2 aliphatic rings. The van der Waals surface area contributed by atoms with Crippen molar-refractivity contribution >= 4 is 0 Å². The molecule has 1 aliphatic heterocycles. The zero-order valence-corrected chi connectivity index (χ0v) is 7.93. The summed E-state index contributed by atoms with van der Waals surface area (Å²) in [4.78, 5) is 0. The fraction of sp³-hybridized carbons (Fsp3) is 0.273. The Balaban J connectivity index is 2.28. The molecule has 4 heteroatoms. The van der Waals surface area contributed by atoms with Crippen molar-refractivity contribution < 1.29 is 9.47 Å². The summed E-state index contributed by atoms with van der Waals surface area (Å²) in [5, 5.41) is 17.3. The van der Waals surface area contributed by atoms with Crippen molar-refractivity contribution in [3.8, 4) is 12.1 Å². The highest BCUT2D eigenvalue weighted by molar-refractivity contribution is 5.52. The van der Waals surface area contributed by atoms with Crippen molar-refractivity contribution in [1.29, 1.82) is 10.5 Å². The second-order valence-electron chi connectivity index (χ2n) is 3.14. The number of nitriles is 2. The van der Waals surface area contributed by atoms with E-state index in [1.165, 1.54) is 0 Å². The number of allylic oxidation sites excluding steroid dienone is 4. The SMILES string of the molecule is N#CC(C#N)=C1C=CC2(C=C1)OCCO2. The molecule has 0 amide bonds. The van der Waals surface area contributed by atoms with E-state index in [4.69, 9.17) is 20.0 Å². The lowest BCUT2D eigenvalue weighted by molar-refractivity contribution is -0.0749. The van der Waals surface area contributed by atoms with Gasteiger partial charge in [0.15, 0.2) is 0 Å². The van der Waals surface area contributed by atoms with Crippen LogP contribution in [0.4, 0.5) is 0 Å². The minimum Gasteiger partial charge on any atom is -0.341 e. The van der Waals surface area contributed by atoms with Gasteiger partial charge in [-0.2, -0.15) is 10.5 Å². The number of hydrogen-bond acceptors (Lipinski definition) is 4. The molecule has 0 saturated carbocycles. The van der Waals surface area contributed by atoms with Gasteiger partial charge in [0, 0.05) is 5.57 Å². The third-order valence-electron chi connectivity index (χ3n) is 2.24. The fourth-order valence-corrected chi connectivity index (χ4v) is 1.48. The summed E-state index contributed by atoms with van der Waals surface area (Å²) >= 11 is 0. The predicted molar refractivity (Wildman–Crippen MR) is 51.2 cm³/mol. The molecule has 1 fully saturated rings. The van der Waals surface area contributed by atoms with E-state index in [1.54, 1.807) is 24.3 Å². The average Bonchev–Trinajstić information content (AvgIpc) is 2.72. The Morgan fingerprint density at radius 3 is 2.13 bits per heavy atom. The van der Waals surface area contributed by atoms with Crippen LogP contribution in [0.15, 0.2) is 35.5 Å². The largest absolute Gasteiger partial charge is 0.341 e. The maximum atomic E-state index is 8.67. The first kappa shape index (κ1) is 9.67. The van der Waals surface area contributed by atoms with Gasteiger partial charge in [0.1, 0.15) is 17.7 Å². The van der Waals surface area contributed by atoms with Gasteiger partial charge in [-0.3, -0.25) is 0 Å². The summed E-state index contributed by atoms with van der Waals surface area (Å²) in [5.41, 5.74) is 0.681. The Kier molecular flexibility index (Phi) is 2.39. The van der Waals surface area contributed by atoms with Crippen molar-refractivity contribution in [2.45, 2.75) is 5.79 Å². The predicted octanol–water partition coefficient (Wildman–Crippen LogP) is 1.20. The molecule has 1 heterocycles. The Hall–Kier alpha value is -1.88. The number of rotatable bonds is 0. The van der Waals surface area contributed by atoms with Crippen molar-refractivity contribution in [1.82, 2.24) is 0 Å². The van der Waals surface area contributed by atoms with Crippen molar-refractivity contribution in [2.24, 2.45) is 0 Å². The summed E-state index contributed by atoms with van der Waals surface area (Å²) in [6.07, 6.45) is 6.77. The van der Waals surface area contributed by atoms with Crippen LogP contribution in [0.1, 0.15) is 0 Å². The van der Waals surface area contributed by atoms with Crippen LogP contribution in [-0.4, -0.2) is 19.0 Å². The molecule has 0 radical (unpaired) electrons. The Bertz CT molecular complexity index is 406. The van der Waals surface area contributed by atoms with Crippen molar-refractivity contribution in [3.05, 3.63) is 35.5 Å². The average molecular weight is 200 g/mol. The monoisotopic (exact) mass is 200 g/mol. The van der Waals surface area contributed by atoms with E-state index in [0.717, 1.165) is 0 Å². The van der Waals surface area contributed by atoms with E-state index in [1.807, 2.05) is 12.1 Å². The normalized spacial score (nSPS) is 21.3. The highest BCUT2D eigenvalue weighted by atomic mass is 16.7. The van der Waals surface area contributed by atoms with Gasteiger partial charge in [0.2, 0.25) is 5.79 Å². The van der Waals surface area contributed by atoms with Crippen LogP contribution in [0.5, 0.6) is 0 Å². The van der Waals surface area contributed by atoms with Crippen LogP contribution in [0.3, 0.4) is 0 Å². The van der Waals surface area contributed by atoms with Crippen LogP contribution >= 0.6 is 0 Å². The zero-order valence-electron chi connectivity index (χ0n) is 7.93. The first-order chi connectivity index (χ1) is 7.29. The molecule has 0 atom stereocenters. The standard InChI is InChI=1S/C11H8N2O2/c12-7-10(8-13)9-1-3-11(4-2-9)14-5-6-15-11/h1-4H,5-6H2. The van der Waals surface area contributed by atoms with Crippen LogP contribution < -0.4 is 0 Å². The number of nitrogens with zero attached hydrogens (tertiary/aromatic N) is 2. The maximum absolute atomic E-state index is 8.67. The lowest BCUT2D eigenvalue weighted by Gasteiger charge is -2.21. The topological polar surface area (TPSA) is 66.0 Å². The third kappa shape index (κ3) is 1.69. The zero-order chi connectivity index (χ0) is 10.7. The molecule has 0 N–H and O–H groups in total. The van der Waals surface area contributed by atoms with E-state index in [0.29, 0.717) is 18.8 Å². The number of ether oxygens (including phenoxy) is 2. The summed E-state index contributed by atoms with van der Waals surface area (Å²) in [6, 6.07) is 3.67. The molecule has 15 heavy (non-hydrogen) atoms. The van der Waals surface area contributed by atoms with Crippen LogP contribution in [0.25, 0.3) is 0 Å². The van der Waals surface area contributed by atoms with Gasteiger partial charge in [-0.05, 0) is 12.2 Å². The van der Waals surface area contributed by atoms with Gasteiger partial charge >= 0.3 is 0 Å². The number of hydrogen-bond donors (Lipinski definition) is 0. The lowest BCUT2D eigenvalue weighted by Crippen LogP contribution is -2.25. The van der Waals surface area contributed by atoms with Crippen molar-refractivity contribution in [2.75, 3.05) is 13.2 Å². The molecule has 0 aromatic heterocycles. The Labute approximate surface area is 87.3 Å². The van der Waals surface area contributed by atoms with E-state index in [-0.39, 0.29) is 5.57 Å². The second kappa shape index (κ2) is 3.70. The molecule has 1 saturated heterocycles. The summed E-state index contributed by atoms with van der Waals surface area (Å²) < 4.78 is 10.8.